The molecule has 1 nitrogen and oxygen atoms in total. The van der Waals surface area contributed by atoms with E-state index in [1.165, 1.54) is 0 Å². The minimum atomic E-state index is -2.68. The van der Waals surface area contributed by atoms with Crippen LogP contribution in [-0.2, 0) is 0 Å². The minimum absolute atomic E-state index is 0. The van der Waals surface area contributed by atoms with Crippen LogP contribution in [0, 0.1) is 17.5 Å². The highest BCUT2D eigenvalue weighted by Crippen LogP contribution is 2.22. The Morgan fingerprint density at radius 2 is 1.50 bits per heavy atom. The van der Waals surface area contributed by atoms with E-state index in [0.717, 1.165) is 0 Å². The normalized spacial score (nSPS) is 12.4. The predicted molar refractivity (Wildman–Crippen MR) is 51.1 cm³/mol. The number of alkyl halides is 2. The van der Waals surface area contributed by atoms with Crippen LogP contribution in [0.1, 0.15) is 18.0 Å². The molecule has 0 fully saturated rings. The second kappa shape index (κ2) is 6.00. The number of hydrogen-bond donors (Lipinski definition) is 1. The molecule has 16 heavy (non-hydrogen) atoms. The minimum Gasteiger partial charge on any atom is -0.324 e. The number of nitrogens with two attached hydrogens (primary N) is 1. The number of benzene rings is 1. The maximum Gasteiger partial charge on any atom is 0.240 e. The average Bonchev–Trinajstić information content (AvgIpc) is 2.12. The van der Waals surface area contributed by atoms with E-state index in [9.17, 15) is 22.0 Å². The zero-order valence-corrected chi connectivity index (χ0v) is 8.71. The summed E-state index contributed by atoms with van der Waals surface area (Å²) in [5.41, 5.74) is 5.06. The first-order valence-electron chi connectivity index (χ1n) is 4.10. The molecule has 0 aliphatic rings. The Balaban J connectivity index is 0.00000225. The van der Waals surface area contributed by atoms with Crippen LogP contribution in [-0.4, -0.2) is 6.43 Å². The number of halogens is 6. The molecular formula is C9H9ClF5N. The van der Waals surface area contributed by atoms with Gasteiger partial charge in [-0.15, -0.1) is 12.4 Å². The summed E-state index contributed by atoms with van der Waals surface area (Å²) in [6.45, 7) is 0. The molecule has 0 saturated carbocycles. The highest BCUT2D eigenvalue weighted by Gasteiger charge is 2.17. The van der Waals surface area contributed by atoms with Gasteiger partial charge in [0.2, 0.25) is 6.43 Å². The lowest BCUT2D eigenvalue weighted by molar-refractivity contribution is 0.128. The SMILES string of the molecule is Cl.N[C@H](CC(F)F)c1cc(F)c(F)c(F)c1. The molecule has 0 radical (unpaired) electrons. The van der Waals surface area contributed by atoms with E-state index in [0.29, 0.717) is 12.1 Å². The first kappa shape index (κ1) is 15.1. The monoisotopic (exact) mass is 261 g/mol. The van der Waals surface area contributed by atoms with Crippen molar-refractivity contribution < 1.29 is 22.0 Å². The molecule has 92 valence electrons. The molecular weight excluding hydrogens is 253 g/mol. The van der Waals surface area contributed by atoms with E-state index in [-0.39, 0.29) is 18.0 Å². The Morgan fingerprint density at radius 1 is 1.06 bits per heavy atom. The molecule has 0 unspecified atom stereocenters. The Hall–Kier alpha value is -0.880. The third-order valence-electron chi connectivity index (χ3n) is 1.87. The van der Waals surface area contributed by atoms with Gasteiger partial charge in [-0.25, -0.2) is 22.0 Å². The van der Waals surface area contributed by atoms with Crippen LogP contribution in [0.2, 0.25) is 0 Å². The molecule has 1 aromatic carbocycles. The maximum absolute atomic E-state index is 12.7. The molecule has 7 heteroatoms. The summed E-state index contributed by atoms with van der Waals surface area (Å²) in [7, 11) is 0. The van der Waals surface area contributed by atoms with Crippen molar-refractivity contribution in [2.75, 3.05) is 0 Å². The van der Waals surface area contributed by atoms with Gasteiger partial charge in [0.25, 0.3) is 0 Å². The first-order valence-corrected chi connectivity index (χ1v) is 4.10. The predicted octanol–water partition coefficient (Wildman–Crippen LogP) is 3.18. The van der Waals surface area contributed by atoms with Crippen molar-refractivity contribution in [3.63, 3.8) is 0 Å². The molecule has 0 spiro atoms. The molecule has 0 aliphatic heterocycles. The summed E-state index contributed by atoms with van der Waals surface area (Å²) in [4.78, 5) is 0. The van der Waals surface area contributed by atoms with Crippen LogP contribution in [0.4, 0.5) is 22.0 Å². The van der Waals surface area contributed by atoms with Gasteiger partial charge in [-0.2, -0.15) is 0 Å². The summed E-state index contributed by atoms with van der Waals surface area (Å²) >= 11 is 0. The van der Waals surface area contributed by atoms with Crippen molar-refractivity contribution in [3.8, 4) is 0 Å². The Labute approximate surface area is 94.8 Å². The van der Waals surface area contributed by atoms with Crippen LogP contribution in [0.5, 0.6) is 0 Å². The third-order valence-corrected chi connectivity index (χ3v) is 1.87. The fourth-order valence-corrected chi connectivity index (χ4v) is 1.12. The van der Waals surface area contributed by atoms with E-state index < -0.39 is 36.3 Å². The van der Waals surface area contributed by atoms with Crippen LogP contribution < -0.4 is 5.73 Å². The fourth-order valence-electron chi connectivity index (χ4n) is 1.12. The average molecular weight is 262 g/mol. The first-order chi connectivity index (χ1) is 6.91. The van der Waals surface area contributed by atoms with Crippen LogP contribution >= 0.6 is 12.4 Å². The molecule has 0 amide bonds. The van der Waals surface area contributed by atoms with Gasteiger partial charge in [-0.1, -0.05) is 0 Å². The van der Waals surface area contributed by atoms with Gasteiger partial charge >= 0.3 is 0 Å². The van der Waals surface area contributed by atoms with Crippen molar-refractivity contribution in [1.29, 1.82) is 0 Å². The molecule has 0 bridgehead atoms. The summed E-state index contributed by atoms with van der Waals surface area (Å²) < 4.78 is 61.7. The molecule has 1 rings (SSSR count). The molecule has 0 saturated heterocycles. The number of hydrogen-bond acceptors (Lipinski definition) is 1. The zero-order chi connectivity index (χ0) is 11.6. The van der Waals surface area contributed by atoms with E-state index >= 15 is 0 Å². The molecule has 0 aliphatic carbocycles. The lowest BCUT2D eigenvalue weighted by Gasteiger charge is -2.11. The molecule has 2 N–H and O–H groups in total. The van der Waals surface area contributed by atoms with Crippen molar-refractivity contribution in [1.82, 2.24) is 0 Å². The van der Waals surface area contributed by atoms with E-state index in [1.54, 1.807) is 0 Å². The zero-order valence-electron chi connectivity index (χ0n) is 7.89. The van der Waals surface area contributed by atoms with Crippen LogP contribution in [0.15, 0.2) is 12.1 Å². The summed E-state index contributed by atoms with van der Waals surface area (Å²) in [5.74, 6) is -4.51. The van der Waals surface area contributed by atoms with E-state index in [2.05, 4.69) is 0 Å². The largest absolute Gasteiger partial charge is 0.324 e. The fraction of sp³-hybridized carbons (Fsp3) is 0.333. The van der Waals surface area contributed by atoms with Gasteiger partial charge in [-0.3, -0.25) is 0 Å². The summed E-state index contributed by atoms with van der Waals surface area (Å²) in [6, 6.07) is 0.0197. The smallest absolute Gasteiger partial charge is 0.240 e. The summed E-state index contributed by atoms with van der Waals surface area (Å²) in [6.07, 6.45) is -3.42. The van der Waals surface area contributed by atoms with E-state index in [4.69, 9.17) is 5.73 Å². The van der Waals surface area contributed by atoms with E-state index in [1.807, 2.05) is 0 Å². The van der Waals surface area contributed by atoms with Crippen molar-refractivity contribution in [2.24, 2.45) is 5.73 Å². The molecule has 1 atom stereocenters. The van der Waals surface area contributed by atoms with Crippen LogP contribution in [0.3, 0.4) is 0 Å². The van der Waals surface area contributed by atoms with Crippen molar-refractivity contribution in [3.05, 3.63) is 35.1 Å². The third kappa shape index (κ3) is 3.61. The van der Waals surface area contributed by atoms with Crippen LogP contribution in [0.25, 0.3) is 0 Å². The van der Waals surface area contributed by atoms with Crippen molar-refractivity contribution in [2.45, 2.75) is 18.9 Å². The molecule has 1 aromatic rings. The lowest BCUT2D eigenvalue weighted by Crippen LogP contribution is -2.15. The highest BCUT2D eigenvalue weighted by atomic mass is 35.5. The van der Waals surface area contributed by atoms with Gasteiger partial charge < -0.3 is 5.73 Å². The second-order valence-corrected chi connectivity index (χ2v) is 3.03. The van der Waals surface area contributed by atoms with Crippen molar-refractivity contribution >= 4 is 12.4 Å². The standard InChI is InChI=1S/C9H8F5N.ClH/c10-5-1-4(2-6(11)9(5)14)7(15)3-8(12)13;/h1-2,7-8H,3,15H2;1H/t7-;/m1./s1. The second-order valence-electron chi connectivity index (χ2n) is 3.03. The molecule has 0 heterocycles. The topological polar surface area (TPSA) is 26.0 Å². The quantitative estimate of drug-likeness (QED) is 0.656. The van der Waals surface area contributed by atoms with Gasteiger partial charge in [0.1, 0.15) is 0 Å². The van der Waals surface area contributed by atoms with Gasteiger partial charge in [0, 0.05) is 12.5 Å². The Morgan fingerprint density at radius 3 is 1.88 bits per heavy atom. The summed E-state index contributed by atoms with van der Waals surface area (Å²) in [5, 5.41) is 0. The number of rotatable bonds is 3. The van der Waals surface area contributed by atoms with Gasteiger partial charge in [0.05, 0.1) is 0 Å². The highest BCUT2D eigenvalue weighted by molar-refractivity contribution is 5.85. The Bertz CT molecular complexity index is 335. The Kier molecular flexibility index (Phi) is 5.67. The van der Waals surface area contributed by atoms with Gasteiger partial charge in [-0.05, 0) is 17.7 Å². The molecule has 0 aromatic heterocycles. The maximum atomic E-state index is 12.7. The van der Waals surface area contributed by atoms with Gasteiger partial charge in [0.15, 0.2) is 17.5 Å². The lowest BCUT2D eigenvalue weighted by atomic mass is 10.0.